The van der Waals surface area contributed by atoms with Crippen LogP contribution in [0.4, 0.5) is 10.1 Å². The summed E-state index contributed by atoms with van der Waals surface area (Å²) in [6.45, 7) is 1.61. The second kappa shape index (κ2) is 8.62. The second-order valence-corrected chi connectivity index (χ2v) is 7.57. The monoisotopic (exact) mass is 416 g/mol. The van der Waals surface area contributed by atoms with Crippen molar-refractivity contribution in [2.45, 2.75) is 24.4 Å². The minimum Gasteiger partial charge on any atom is -0.497 e. The van der Waals surface area contributed by atoms with Crippen LogP contribution in [-0.4, -0.2) is 41.4 Å². The van der Waals surface area contributed by atoms with Gasteiger partial charge < -0.3 is 21.1 Å². The molecule has 0 fully saturated rings. The molecular formula is C20H21FN4O3S. The van der Waals surface area contributed by atoms with Crippen LogP contribution in [0, 0.1) is 5.82 Å². The third kappa shape index (κ3) is 4.41. The zero-order valence-corrected chi connectivity index (χ0v) is 16.7. The van der Waals surface area contributed by atoms with Crippen LogP contribution in [-0.2, 0) is 4.79 Å². The van der Waals surface area contributed by atoms with Crippen molar-refractivity contribution in [2.75, 3.05) is 12.0 Å². The van der Waals surface area contributed by atoms with Gasteiger partial charge in [-0.3, -0.25) is 9.59 Å². The molecule has 0 spiro atoms. The van der Waals surface area contributed by atoms with Crippen LogP contribution in [0.3, 0.4) is 0 Å². The number of carbonyl (C=O) groups excluding carboxylic acids is 2. The number of rotatable bonds is 6. The number of thioether (sulfide) groups is 1. The SMILES string of the molecule is COc1ccc(C(=O)C2SC(N(c3ccc(F)cc3)[C@H](C)C(N)=O)=NC2N)cc1. The van der Waals surface area contributed by atoms with Gasteiger partial charge >= 0.3 is 0 Å². The molecule has 7 nitrogen and oxygen atoms in total. The molecule has 1 aliphatic rings. The molecule has 0 aromatic heterocycles. The van der Waals surface area contributed by atoms with Crippen LogP contribution in [0.15, 0.2) is 53.5 Å². The predicted molar refractivity (Wildman–Crippen MR) is 112 cm³/mol. The van der Waals surface area contributed by atoms with Crippen LogP contribution in [0.5, 0.6) is 5.75 Å². The van der Waals surface area contributed by atoms with Crippen molar-refractivity contribution in [3.63, 3.8) is 0 Å². The topological polar surface area (TPSA) is 111 Å². The number of ketones is 1. The van der Waals surface area contributed by atoms with Crippen LogP contribution in [0.2, 0.25) is 0 Å². The predicted octanol–water partition coefficient (Wildman–Crippen LogP) is 2.15. The van der Waals surface area contributed by atoms with Gasteiger partial charge in [0.05, 0.1) is 7.11 Å². The van der Waals surface area contributed by atoms with E-state index in [1.807, 2.05) is 0 Å². The number of primary amides is 1. The molecule has 1 aliphatic heterocycles. The summed E-state index contributed by atoms with van der Waals surface area (Å²) in [5, 5.41) is -0.288. The maximum Gasteiger partial charge on any atom is 0.240 e. The summed E-state index contributed by atoms with van der Waals surface area (Å²) in [7, 11) is 1.55. The minimum absolute atomic E-state index is 0.185. The number of anilines is 1. The van der Waals surface area contributed by atoms with Crippen molar-refractivity contribution >= 4 is 34.3 Å². The summed E-state index contributed by atoms with van der Waals surface area (Å²) in [6, 6.07) is 11.5. The molecule has 0 saturated heterocycles. The van der Waals surface area contributed by atoms with Gasteiger partial charge in [0.1, 0.15) is 29.0 Å². The Bertz CT molecular complexity index is 934. The van der Waals surface area contributed by atoms with Crippen molar-refractivity contribution in [3.8, 4) is 5.75 Å². The lowest BCUT2D eigenvalue weighted by Gasteiger charge is -2.28. The first-order valence-corrected chi connectivity index (χ1v) is 9.72. The van der Waals surface area contributed by atoms with E-state index in [2.05, 4.69) is 4.99 Å². The Morgan fingerprint density at radius 2 is 1.79 bits per heavy atom. The van der Waals surface area contributed by atoms with Gasteiger partial charge in [0.25, 0.3) is 0 Å². The normalized spacial score (nSPS) is 19.4. The fraction of sp³-hybridized carbons (Fsp3) is 0.250. The smallest absolute Gasteiger partial charge is 0.240 e. The molecule has 152 valence electrons. The van der Waals surface area contributed by atoms with E-state index >= 15 is 0 Å². The first-order chi connectivity index (χ1) is 13.8. The molecule has 2 aromatic rings. The van der Waals surface area contributed by atoms with Gasteiger partial charge in [-0.05, 0) is 55.5 Å². The number of amidine groups is 1. The highest BCUT2D eigenvalue weighted by molar-refractivity contribution is 8.15. The third-order valence-corrected chi connectivity index (χ3v) is 5.80. The number of hydrogen-bond donors (Lipinski definition) is 2. The highest BCUT2D eigenvalue weighted by Gasteiger charge is 2.38. The average molecular weight is 416 g/mol. The molecule has 9 heteroatoms. The quantitative estimate of drug-likeness (QED) is 0.698. The third-order valence-electron chi connectivity index (χ3n) is 4.54. The number of amides is 1. The Labute approximate surface area is 171 Å². The summed E-state index contributed by atoms with van der Waals surface area (Å²) in [5.41, 5.74) is 12.6. The number of methoxy groups -OCH3 is 1. The van der Waals surface area contributed by atoms with Crippen molar-refractivity contribution < 1.29 is 18.7 Å². The zero-order chi connectivity index (χ0) is 21.1. The number of nitrogens with zero attached hydrogens (tertiary/aromatic N) is 2. The molecular weight excluding hydrogens is 395 g/mol. The summed E-state index contributed by atoms with van der Waals surface area (Å²) in [5.74, 6) is -0.545. The standard InChI is InChI=1S/C20H21FN4O3S/c1-11(19(23)27)25(14-7-5-13(21)6-8-14)20-24-18(22)17(29-20)16(26)12-3-9-15(28-2)10-4-12/h3-11,17-18H,22H2,1-2H3,(H2,23,27)/t11-,17?,18?/m1/s1. The summed E-state index contributed by atoms with van der Waals surface area (Å²) < 4.78 is 18.4. The van der Waals surface area contributed by atoms with Gasteiger partial charge in [0, 0.05) is 11.3 Å². The Kier molecular flexibility index (Phi) is 6.19. The highest BCUT2D eigenvalue weighted by atomic mass is 32.2. The van der Waals surface area contributed by atoms with E-state index in [0.717, 1.165) is 11.8 Å². The van der Waals surface area contributed by atoms with Crippen molar-refractivity contribution in [2.24, 2.45) is 16.5 Å². The molecule has 0 bridgehead atoms. The summed E-state index contributed by atoms with van der Waals surface area (Å²) >= 11 is 1.15. The van der Waals surface area contributed by atoms with Crippen molar-refractivity contribution in [1.29, 1.82) is 0 Å². The second-order valence-electron chi connectivity index (χ2n) is 6.46. The molecule has 1 amide bonds. The maximum atomic E-state index is 13.3. The first-order valence-electron chi connectivity index (χ1n) is 8.84. The lowest BCUT2D eigenvalue weighted by atomic mass is 10.1. The zero-order valence-electron chi connectivity index (χ0n) is 15.9. The fourth-order valence-electron chi connectivity index (χ4n) is 2.88. The largest absolute Gasteiger partial charge is 0.497 e. The van der Waals surface area contributed by atoms with E-state index in [9.17, 15) is 14.0 Å². The molecule has 3 rings (SSSR count). The molecule has 0 saturated carbocycles. The van der Waals surface area contributed by atoms with Gasteiger partial charge in [-0.1, -0.05) is 11.8 Å². The summed E-state index contributed by atoms with van der Waals surface area (Å²) in [4.78, 5) is 30.7. The van der Waals surface area contributed by atoms with E-state index in [1.165, 1.54) is 24.3 Å². The number of hydrogen-bond acceptors (Lipinski definition) is 7. The molecule has 1 heterocycles. The van der Waals surface area contributed by atoms with E-state index in [-0.39, 0.29) is 5.78 Å². The highest BCUT2D eigenvalue weighted by Crippen LogP contribution is 2.33. The Balaban J connectivity index is 1.86. The van der Waals surface area contributed by atoms with Crippen molar-refractivity contribution in [1.82, 2.24) is 0 Å². The maximum absolute atomic E-state index is 13.3. The Hall–Kier alpha value is -2.91. The summed E-state index contributed by atoms with van der Waals surface area (Å²) in [6.07, 6.45) is -0.798. The number of ether oxygens (including phenoxy) is 1. The van der Waals surface area contributed by atoms with Gasteiger partial charge in [-0.2, -0.15) is 0 Å². The number of Topliss-reactive ketones (excluding diaryl/α,β-unsaturated/α-hetero) is 1. The van der Waals surface area contributed by atoms with Gasteiger partial charge in [0.15, 0.2) is 11.0 Å². The molecule has 0 aliphatic carbocycles. The average Bonchev–Trinajstić information content (AvgIpc) is 3.10. The number of halogens is 1. The molecule has 2 aromatic carbocycles. The van der Waals surface area contributed by atoms with E-state index < -0.39 is 29.2 Å². The fourth-order valence-corrected chi connectivity index (χ4v) is 4.11. The minimum atomic E-state index is -0.798. The van der Waals surface area contributed by atoms with E-state index in [1.54, 1.807) is 43.2 Å². The number of benzene rings is 2. The molecule has 29 heavy (non-hydrogen) atoms. The molecule has 2 unspecified atom stereocenters. The number of carbonyl (C=O) groups is 2. The first kappa shape index (κ1) is 20.8. The van der Waals surface area contributed by atoms with Gasteiger partial charge in [-0.15, -0.1) is 0 Å². The van der Waals surface area contributed by atoms with Crippen LogP contribution in [0.25, 0.3) is 0 Å². The van der Waals surface area contributed by atoms with Gasteiger partial charge in [-0.25, -0.2) is 9.38 Å². The van der Waals surface area contributed by atoms with Crippen molar-refractivity contribution in [3.05, 3.63) is 59.9 Å². The number of nitrogens with two attached hydrogens (primary N) is 2. The van der Waals surface area contributed by atoms with Crippen LogP contribution < -0.4 is 21.1 Å². The van der Waals surface area contributed by atoms with Gasteiger partial charge in [0.2, 0.25) is 5.91 Å². The van der Waals surface area contributed by atoms with E-state index in [4.69, 9.17) is 16.2 Å². The Morgan fingerprint density at radius 3 is 2.34 bits per heavy atom. The number of aliphatic imine (C=N–C) groups is 1. The molecule has 3 atom stereocenters. The lowest BCUT2D eigenvalue weighted by molar-refractivity contribution is -0.118. The van der Waals surface area contributed by atoms with Crippen LogP contribution >= 0.6 is 11.8 Å². The van der Waals surface area contributed by atoms with E-state index in [0.29, 0.717) is 22.2 Å². The molecule has 0 radical (unpaired) electrons. The molecule has 4 N–H and O–H groups in total. The van der Waals surface area contributed by atoms with Crippen LogP contribution in [0.1, 0.15) is 17.3 Å². The lowest BCUT2D eigenvalue weighted by Crippen LogP contribution is -2.45. The Morgan fingerprint density at radius 1 is 1.17 bits per heavy atom.